The molecule has 0 unspecified atom stereocenters. The highest BCUT2D eigenvalue weighted by Crippen LogP contribution is 2.37. The number of aromatic nitrogens is 2. The van der Waals surface area contributed by atoms with Gasteiger partial charge in [0, 0.05) is 18.0 Å². The normalized spacial score (nSPS) is 10.6. The van der Waals surface area contributed by atoms with Gasteiger partial charge in [0.2, 0.25) is 0 Å². The van der Waals surface area contributed by atoms with Crippen LogP contribution in [0.3, 0.4) is 0 Å². The Labute approximate surface area is 120 Å². The molecule has 106 valence electrons. The highest BCUT2D eigenvalue weighted by atomic mass is 19.1. The van der Waals surface area contributed by atoms with Crippen molar-refractivity contribution < 1.29 is 13.7 Å². The summed E-state index contributed by atoms with van der Waals surface area (Å²) in [6, 6.07) is 8.11. The van der Waals surface area contributed by atoms with Gasteiger partial charge in [0.1, 0.15) is 0 Å². The van der Waals surface area contributed by atoms with Crippen LogP contribution in [0.2, 0.25) is 0 Å². The number of halogens is 1. The van der Waals surface area contributed by atoms with E-state index in [-0.39, 0.29) is 11.6 Å². The van der Waals surface area contributed by atoms with Crippen LogP contribution in [-0.2, 0) is 0 Å². The first-order chi connectivity index (χ1) is 10.2. The fourth-order valence-electron chi connectivity index (χ4n) is 2.10. The number of benzene rings is 1. The van der Waals surface area contributed by atoms with E-state index in [0.29, 0.717) is 16.9 Å². The molecule has 0 saturated carbocycles. The molecule has 0 spiro atoms. The fraction of sp³-hybridized carbons (Fsp3) is 0.0667. The predicted molar refractivity (Wildman–Crippen MR) is 76.1 cm³/mol. The summed E-state index contributed by atoms with van der Waals surface area (Å²) in [5.74, 6) is 0.329. The average Bonchev–Trinajstić information content (AvgIpc) is 2.90. The van der Waals surface area contributed by atoms with Gasteiger partial charge in [0.15, 0.2) is 23.1 Å². The molecule has 0 amide bonds. The molecule has 5 nitrogen and oxygen atoms in total. The number of rotatable bonds is 3. The minimum Gasteiger partial charge on any atom is -0.494 e. The van der Waals surface area contributed by atoms with Crippen molar-refractivity contribution in [2.75, 3.05) is 12.8 Å². The zero-order valence-electron chi connectivity index (χ0n) is 11.2. The second-order valence-corrected chi connectivity index (χ2v) is 4.36. The van der Waals surface area contributed by atoms with Gasteiger partial charge in [-0.3, -0.25) is 4.98 Å². The van der Waals surface area contributed by atoms with Crippen LogP contribution in [0.5, 0.6) is 5.75 Å². The number of ether oxygens (including phenoxy) is 1. The summed E-state index contributed by atoms with van der Waals surface area (Å²) in [6.07, 6.45) is 3.28. The molecule has 0 aliphatic carbocycles. The fourth-order valence-corrected chi connectivity index (χ4v) is 2.10. The number of hydrogen-bond donors (Lipinski definition) is 1. The molecule has 2 heterocycles. The maximum Gasteiger partial charge on any atom is 0.177 e. The van der Waals surface area contributed by atoms with Crippen LogP contribution in [0.4, 0.5) is 10.2 Å². The Morgan fingerprint density at radius 1 is 1.14 bits per heavy atom. The summed E-state index contributed by atoms with van der Waals surface area (Å²) in [5, 5.41) is 3.77. The molecule has 0 aliphatic rings. The average molecular weight is 285 g/mol. The number of nitrogens with zero attached hydrogens (tertiary/aromatic N) is 2. The Morgan fingerprint density at radius 3 is 2.57 bits per heavy atom. The predicted octanol–water partition coefficient (Wildman–Crippen LogP) is 3.13. The summed E-state index contributed by atoms with van der Waals surface area (Å²) in [6.45, 7) is 0. The topological polar surface area (TPSA) is 74.2 Å². The van der Waals surface area contributed by atoms with Crippen LogP contribution in [0.1, 0.15) is 0 Å². The highest BCUT2D eigenvalue weighted by Gasteiger charge is 2.18. The molecule has 0 aliphatic heterocycles. The Morgan fingerprint density at radius 2 is 1.90 bits per heavy atom. The van der Waals surface area contributed by atoms with Crippen molar-refractivity contribution in [3.8, 4) is 28.2 Å². The Balaban J connectivity index is 2.14. The third-order valence-corrected chi connectivity index (χ3v) is 3.10. The number of nitrogens with two attached hydrogens (primary N) is 1. The number of methoxy groups -OCH3 is 1. The van der Waals surface area contributed by atoms with E-state index in [2.05, 4.69) is 10.1 Å². The van der Waals surface area contributed by atoms with Gasteiger partial charge in [-0.2, -0.15) is 0 Å². The van der Waals surface area contributed by atoms with Gasteiger partial charge < -0.3 is 15.0 Å². The van der Waals surface area contributed by atoms with E-state index in [4.69, 9.17) is 15.0 Å². The lowest BCUT2D eigenvalue weighted by molar-refractivity contribution is 0.386. The molecule has 6 heteroatoms. The molecule has 3 rings (SSSR count). The Bertz CT molecular complexity index is 772. The minimum atomic E-state index is -0.481. The van der Waals surface area contributed by atoms with Crippen LogP contribution in [0.25, 0.3) is 22.5 Å². The van der Waals surface area contributed by atoms with E-state index >= 15 is 0 Å². The molecule has 1 aromatic carbocycles. The van der Waals surface area contributed by atoms with Crippen molar-refractivity contribution in [2.24, 2.45) is 0 Å². The SMILES string of the molecule is COc1ccc(-c2onc(N)c2-c2ccncc2)cc1F. The van der Waals surface area contributed by atoms with Gasteiger partial charge >= 0.3 is 0 Å². The third-order valence-electron chi connectivity index (χ3n) is 3.10. The van der Waals surface area contributed by atoms with Gasteiger partial charge in [-0.25, -0.2) is 4.39 Å². The monoisotopic (exact) mass is 285 g/mol. The second kappa shape index (κ2) is 5.24. The van der Waals surface area contributed by atoms with E-state index in [1.165, 1.54) is 19.2 Å². The van der Waals surface area contributed by atoms with E-state index in [9.17, 15) is 4.39 Å². The standard InChI is InChI=1S/C15H12FN3O2/c1-20-12-3-2-10(8-11(12)16)14-13(15(17)19-21-14)9-4-6-18-7-5-9/h2-8H,1H3,(H2,17,19). The largest absolute Gasteiger partial charge is 0.494 e. The first-order valence-electron chi connectivity index (χ1n) is 6.20. The molecule has 21 heavy (non-hydrogen) atoms. The highest BCUT2D eigenvalue weighted by molar-refractivity contribution is 5.86. The summed E-state index contributed by atoms with van der Waals surface area (Å²) in [7, 11) is 1.41. The van der Waals surface area contributed by atoms with Crippen LogP contribution >= 0.6 is 0 Å². The number of nitrogen functional groups attached to an aromatic ring is 1. The quantitative estimate of drug-likeness (QED) is 0.800. The van der Waals surface area contributed by atoms with E-state index < -0.39 is 5.82 Å². The smallest absolute Gasteiger partial charge is 0.177 e. The minimum absolute atomic E-state index is 0.164. The summed E-state index contributed by atoms with van der Waals surface area (Å²) >= 11 is 0. The van der Waals surface area contributed by atoms with Crippen LogP contribution in [0, 0.1) is 5.82 Å². The first-order valence-corrected chi connectivity index (χ1v) is 6.20. The number of anilines is 1. The zero-order valence-corrected chi connectivity index (χ0v) is 11.2. The lowest BCUT2D eigenvalue weighted by Gasteiger charge is -2.05. The van der Waals surface area contributed by atoms with Crippen molar-refractivity contribution >= 4 is 5.82 Å². The van der Waals surface area contributed by atoms with Gasteiger partial charge in [-0.05, 0) is 35.9 Å². The zero-order chi connectivity index (χ0) is 14.8. The van der Waals surface area contributed by atoms with E-state index in [1.54, 1.807) is 30.6 Å². The molecular formula is C15H12FN3O2. The molecule has 0 atom stereocenters. The second-order valence-electron chi connectivity index (χ2n) is 4.36. The lowest BCUT2D eigenvalue weighted by atomic mass is 10.0. The lowest BCUT2D eigenvalue weighted by Crippen LogP contribution is -1.91. The molecule has 0 saturated heterocycles. The van der Waals surface area contributed by atoms with Gasteiger partial charge in [0.25, 0.3) is 0 Å². The first kappa shape index (κ1) is 13.1. The summed E-state index contributed by atoms with van der Waals surface area (Å²) < 4.78 is 24.0. The summed E-state index contributed by atoms with van der Waals surface area (Å²) in [5.41, 5.74) is 7.81. The van der Waals surface area contributed by atoms with Gasteiger partial charge in [0.05, 0.1) is 12.7 Å². The molecular weight excluding hydrogens is 273 g/mol. The van der Waals surface area contributed by atoms with Crippen molar-refractivity contribution in [3.63, 3.8) is 0 Å². The molecule has 0 fully saturated rings. The molecule has 2 aromatic heterocycles. The van der Waals surface area contributed by atoms with Crippen molar-refractivity contribution in [1.29, 1.82) is 0 Å². The van der Waals surface area contributed by atoms with Crippen LogP contribution in [-0.4, -0.2) is 17.3 Å². The third kappa shape index (κ3) is 2.31. The van der Waals surface area contributed by atoms with Gasteiger partial charge in [-0.15, -0.1) is 0 Å². The Kier molecular flexibility index (Phi) is 3.27. The van der Waals surface area contributed by atoms with Crippen molar-refractivity contribution in [2.45, 2.75) is 0 Å². The summed E-state index contributed by atoms with van der Waals surface area (Å²) in [4.78, 5) is 3.96. The molecule has 0 radical (unpaired) electrons. The molecule has 0 bridgehead atoms. The molecule has 3 aromatic rings. The van der Waals surface area contributed by atoms with E-state index in [0.717, 1.165) is 5.56 Å². The number of hydrogen-bond acceptors (Lipinski definition) is 5. The van der Waals surface area contributed by atoms with Crippen LogP contribution < -0.4 is 10.5 Å². The molecule has 2 N–H and O–H groups in total. The van der Waals surface area contributed by atoms with Crippen LogP contribution in [0.15, 0.2) is 47.2 Å². The van der Waals surface area contributed by atoms with Gasteiger partial charge in [-0.1, -0.05) is 5.16 Å². The van der Waals surface area contributed by atoms with E-state index in [1.807, 2.05) is 0 Å². The number of pyridine rings is 1. The van der Waals surface area contributed by atoms with Crippen molar-refractivity contribution in [3.05, 3.63) is 48.5 Å². The van der Waals surface area contributed by atoms with Crippen molar-refractivity contribution in [1.82, 2.24) is 10.1 Å². The Hall–Kier alpha value is -2.89. The maximum atomic E-state index is 13.8. The maximum absolute atomic E-state index is 13.8.